The topological polar surface area (TPSA) is 20.3 Å². The van der Waals surface area contributed by atoms with Crippen LogP contribution >= 0.6 is 23.4 Å². The van der Waals surface area contributed by atoms with E-state index < -0.39 is 0 Å². The van der Waals surface area contributed by atoms with Gasteiger partial charge in [-0.1, -0.05) is 24.3 Å². The number of thioether (sulfide) groups is 1. The van der Waals surface area contributed by atoms with Gasteiger partial charge in [-0.05, 0) is 18.6 Å². The summed E-state index contributed by atoms with van der Waals surface area (Å²) in [6.07, 6.45) is 4.59. The number of nitrogens with zero attached hydrogens (tertiary/aromatic N) is 1. The Bertz CT molecular complexity index is 447. The van der Waals surface area contributed by atoms with Gasteiger partial charge in [0, 0.05) is 17.8 Å². The molecule has 0 radical (unpaired) electrons. The lowest BCUT2D eigenvalue weighted by Crippen LogP contribution is -2.37. The Kier molecular flexibility index (Phi) is 4.13. The van der Waals surface area contributed by atoms with Crippen LogP contribution in [-0.4, -0.2) is 24.1 Å². The summed E-state index contributed by atoms with van der Waals surface area (Å²) < 4.78 is 0. The van der Waals surface area contributed by atoms with E-state index in [-0.39, 0.29) is 11.2 Å². The SMILES string of the molecule is CN1C(=O)C(C/C=C\CCl)Sc2ccccc21. The molecule has 0 aromatic heterocycles. The number of rotatable bonds is 3. The lowest BCUT2D eigenvalue weighted by atomic mass is 10.2. The summed E-state index contributed by atoms with van der Waals surface area (Å²) in [6, 6.07) is 7.99. The van der Waals surface area contributed by atoms with Crippen molar-refractivity contribution < 1.29 is 4.79 Å². The van der Waals surface area contributed by atoms with E-state index in [2.05, 4.69) is 6.07 Å². The minimum atomic E-state index is -0.0330. The first-order valence-corrected chi connectivity index (χ1v) is 6.89. The number of amides is 1. The molecule has 1 atom stereocenters. The fourth-order valence-electron chi connectivity index (χ4n) is 1.80. The zero-order valence-electron chi connectivity index (χ0n) is 9.60. The summed E-state index contributed by atoms with van der Waals surface area (Å²) in [7, 11) is 1.83. The Morgan fingerprint density at radius 3 is 2.94 bits per heavy atom. The first-order chi connectivity index (χ1) is 8.24. The van der Waals surface area contributed by atoms with Gasteiger partial charge in [0.2, 0.25) is 5.91 Å². The van der Waals surface area contributed by atoms with E-state index in [4.69, 9.17) is 11.6 Å². The predicted molar refractivity (Wildman–Crippen MR) is 74.0 cm³/mol. The van der Waals surface area contributed by atoms with E-state index in [0.29, 0.717) is 5.88 Å². The van der Waals surface area contributed by atoms with Crippen LogP contribution in [0.2, 0.25) is 0 Å². The zero-order valence-corrected chi connectivity index (χ0v) is 11.2. The van der Waals surface area contributed by atoms with Crippen molar-refractivity contribution in [1.29, 1.82) is 0 Å². The molecule has 0 bridgehead atoms. The molecule has 1 amide bonds. The molecule has 0 saturated heterocycles. The molecule has 4 heteroatoms. The van der Waals surface area contributed by atoms with Gasteiger partial charge in [0.15, 0.2) is 0 Å². The summed E-state index contributed by atoms with van der Waals surface area (Å²) in [4.78, 5) is 15.0. The van der Waals surface area contributed by atoms with Crippen LogP contribution in [-0.2, 0) is 4.79 Å². The molecular formula is C13H14ClNOS. The normalized spacial score (nSPS) is 19.8. The number of allylic oxidation sites excluding steroid dienone is 2. The lowest BCUT2D eigenvalue weighted by molar-refractivity contribution is -0.117. The fraction of sp³-hybridized carbons (Fsp3) is 0.308. The number of hydrogen-bond donors (Lipinski definition) is 0. The van der Waals surface area contributed by atoms with Crippen molar-refractivity contribution in [3.8, 4) is 0 Å². The number of fused-ring (bicyclic) bond motifs is 1. The van der Waals surface area contributed by atoms with Crippen molar-refractivity contribution in [3.63, 3.8) is 0 Å². The molecule has 1 aliphatic rings. The molecule has 1 aromatic carbocycles. The van der Waals surface area contributed by atoms with Gasteiger partial charge in [-0.15, -0.1) is 23.4 Å². The second-order valence-electron chi connectivity index (χ2n) is 3.83. The summed E-state index contributed by atoms with van der Waals surface area (Å²) in [5, 5.41) is -0.0330. The molecule has 2 rings (SSSR count). The maximum Gasteiger partial charge on any atom is 0.240 e. The summed E-state index contributed by atoms with van der Waals surface area (Å²) in [5.41, 5.74) is 1.00. The number of carbonyl (C=O) groups excluding carboxylic acids is 1. The maximum absolute atomic E-state index is 12.1. The molecule has 1 aliphatic heterocycles. The van der Waals surface area contributed by atoms with E-state index in [1.807, 2.05) is 37.4 Å². The molecule has 0 aliphatic carbocycles. The average molecular weight is 268 g/mol. The highest BCUT2D eigenvalue weighted by Gasteiger charge is 2.29. The minimum Gasteiger partial charge on any atom is -0.313 e. The molecule has 90 valence electrons. The first-order valence-electron chi connectivity index (χ1n) is 5.48. The Morgan fingerprint density at radius 2 is 2.18 bits per heavy atom. The van der Waals surface area contributed by atoms with E-state index in [1.165, 1.54) is 4.90 Å². The predicted octanol–water partition coefficient (Wildman–Crippen LogP) is 3.31. The molecule has 1 unspecified atom stereocenters. The number of anilines is 1. The van der Waals surface area contributed by atoms with Crippen molar-refractivity contribution in [3.05, 3.63) is 36.4 Å². The number of carbonyl (C=O) groups is 1. The van der Waals surface area contributed by atoms with Crippen molar-refractivity contribution in [2.45, 2.75) is 16.6 Å². The highest BCUT2D eigenvalue weighted by Crippen LogP contribution is 2.39. The number of alkyl halides is 1. The number of benzene rings is 1. The van der Waals surface area contributed by atoms with Gasteiger partial charge < -0.3 is 4.90 Å². The van der Waals surface area contributed by atoms with E-state index in [9.17, 15) is 4.79 Å². The van der Waals surface area contributed by atoms with Crippen LogP contribution in [0, 0.1) is 0 Å². The van der Waals surface area contributed by atoms with Crippen molar-refractivity contribution in [2.24, 2.45) is 0 Å². The molecular weight excluding hydrogens is 254 g/mol. The van der Waals surface area contributed by atoms with Gasteiger partial charge in [-0.2, -0.15) is 0 Å². The second-order valence-corrected chi connectivity index (χ2v) is 5.39. The lowest BCUT2D eigenvalue weighted by Gasteiger charge is -2.30. The number of halogens is 1. The van der Waals surface area contributed by atoms with Crippen LogP contribution in [0.4, 0.5) is 5.69 Å². The van der Waals surface area contributed by atoms with Gasteiger partial charge >= 0.3 is 0 Å². The van der Waals surface area contributed by atoms with Gasteiger partial charge in [0.05, 0.1) is 10.9 Å². The molecule has 2 nitrogen and oxygen atoms in total. The average Bonchev–Trinajstić information content (AvgIpc) is 2.35. The standard InChI is InChI=1S/C13H14ClNOS/c1-15-10-6-2-3-7-11(10)17-12(13(15)16)8-4-5-9-14/h2-7,12H,8-9H2,1H3/b5-4-. The number of para-hydroxylation sites is 1. The number of hydrogen-bond acceptors (Lipinski definition) is 2. The molecule has 1 heterocycles. The van der Waals surface area contributed by atoms with Gasteiger partial charge in [-0.25, -0.2) is 0 Å². The van der Waals surface area contributed by atoms with E-state index in [1.54, 1.807) is 16.7 Å². The third kappa shape index (κ3) is 2.67. The third-order valence-electron chi connectivity index (χ3n) is 2.71. The quantitative estimate of drug-likeness (QED) is 0.619. The van der Waals surface area contributed by atoms with Crippen LogP contribution in [0.3, 0.4) is 0 Å². The van der Waals surface area contributed by atoms with Crippen LogP contribution in [0.25, 0.3) is 0 Å². The molecule has 17 heavy (non-hydrogen) atoms. The van der Waals surface area contributed by atoms with Crippen molar-refractivity contribution in [1.82, 2.24) is 0 Å². The Hall–Kier alpha value is -0.930. The highest BCUT2D eigenvalue weighted by molar-refractivity contribution is 8.01. The largest absolute Gasteiger partial charge is 0.313 e. The van der Waals surface area contributed by atoms with Crippen molar-refractivity contribution >= 4 is 35.0 Å². The van der Waals surface area contributed by atoms with Crippen LogP contribution in [0.1, 0.15) is 6.42 Å². The van der Waals surface area contributed by atoms with E-state index in [0.717, 1.165) is 12.1 Å². The Balaban J connectivity index is 2.19. The third-order valence-corrected chi connectivity index (χ3v) is 4.16. The highest BCUT2D eigenvalue weighted by atomic mass is 35.5. The van der Waals surface area contributed by atoms with Gasteiger partial charge in [0.25, 0.3) is 0 Å². The monoisotopic (exact) mass is 267 g/mol. The van der Waals surface area contributed by atoms with Gasteiger partial charge in [0.1, 0.15) is 0 Å². The van der Waals surface area contributed by atoms with Crippen LogP contribution in [0.5, 0.6) is 0 Å². The Labute approximate surface area is 111 Å². The minimum absolute atomic E-state index is 0.0330. The Morgan fingerprint density at radius 1 is 1.41 bits per heavy atom. The molecule has 0 N–H and O–H groups in total. The smallest absolute Gasteiger partial charge is 0.240 e. The fourth-order valence-corrected chi connectivity index (χ4v) is 3.19. The molecule has 0 saturated carbocycles. The molecule has 0 fully saturated rings. The second kappa shape index (κ2) is 5.61. The first kappa shape index (κ1) is 12.5. The summed E-state index contributed by atoms with van der Waals surface area (Å²) in [5.74, 6) is 0.658. The van der Waals surface area contributed by atoms with Crippen molar-refractivity contribution in [2.75, 3.05) is 17.8 Å². The molecule has 1 aromatic rings. The summed E-state index contributed by atoms with van der Waals surface area (Å²) >= 11 is 7.21. The van der Waals surface area contributed by atoms with Crippen LogP contribution < -0.4 is 4.90 Å². The molecule has 0 spiro atoms. The zero-order chi connectivity index (χ0) is 12.3. The maximum atomic E-state index is 12.1. The van der Waals surface area contributed by atoms with Crippen LogP contribution in [0.15, 0.2) is 41.3 Å². The van der Waals surface area contributed by atoms with E-state index >= 15 is 0 Å². The van der Waals surface area contributed by atoms with Gasteiger partial charge in [-0.3, -0.25) is 4.79 Å². The summed E-state index contributed by atoms with van der Waals surface area (Å²) in [6.45, 7) is 0.